The van der Waals surface area contributed by atoms with Crippen LogP contribution >= 0.6 is 11.6 Å². The van der Waals surface area contributed by atoms with Gasteiger partial charge in [0.1, 0.15) is 17.4 Å². The van der Waals surface area contributed by atoms with Crippen LogP contribution in [0.4, 0.5) is 5.82 Å². The summed E-state index contributed by atoms with van der Waals surface area (Å²) in [6, 6.07) is 7.78. The minimum Gasteiger partial charge on any atom is -0.364 e. The molecule has 0 aliphatic heterocycles. The van der Waals surface area contributed by atoms with Crippen molar-refractivity contribution < 1.29 is 0 Å². The highest BCUT2D eigenvalue weighted by Gasteiger charge is 2.13. The normalized spacial score (nSPS) is 11.0. The Hall–Kier alpha value is -2.14. The molecule has 0 saturated heterocycles. The Morgan fingerprint density at radius 1 is 1.27 bits per heavy atom. The molecule has 3 rings (SSSR count). The topological polar surface area (TPSA) is 55.6 Å². The monoisotopic (exact) mass is 315 g/mol. The summed E-state index contributed by atoms with van der Waals surface area (Å²) in [5, 5.41) is 8.65. The molecule has 0 bridgehead atoms. The Kier molecular flexibility index (Phi) is 4.24. The Balaban J connectivity index is 1.90. The highest BCUT2D eigenvalue weighted by molar-refractivity contribution is 6.30. The van der Waals surface area contributed by atoms with Crippen LogP contribution in [0.1, 0.15) is 24.6 Å². The molecule has 0 aliphatic carbocycles. The van der Waals surface area contributed by atoms with Gasteiger partial charge in [-0.05, 0) is 24.1 Å². The van der Waals surface area contributed by atoms with Crippen molar-refractivity contribution in [1.29, 1.82) is 0 Å². The van der Waals surface area contributed by atoms with Crippen molar-refractivity contribution in [3.8, 4) is 0 Å². The summed E-state index contributed by atoms with van der Waals surface area (Å²) in [6.07, 6.45) is 3.55. The molecule has 1 N–H and O–H groups in total. The lowest BCUT2D eigenvalue weighted by molar-refractivity contribution is 0.752. The summed E-state index contributed by atoms with van der Waals surface area (Å²) in [5.74, 6) is 0.794. The first kappa shape index (κ1) is 14.8. The molecule has 0 unspecified atom stereocenters. The van der Waals surface area contributed by atoms with Gasteiger partial charge in [-0.1, -0.05) is 37.1 Å². The number of aromatic nitrogens is 4. The van der Waals surface area contributed by atoms with E-state index >= 15 is 0 Å². The van der Waals surface area contributed by atoms with E-state index in [1.54, 1.807) is 6.33 Å². The number of anilines is 1. The van der Waals surface area contributed by atoms with Crippen LogP contribution in [0.5, 0.6) is 0 Å². The number of nitrogens with zero attached hydrogens (tertiary/aromatic N) is 4. The van der Waals surface area contributed by atoms with Crippen LogP contribution in [0.25, 0.3) is 11.0 Å². The van der Waals surface area contributed by atoms with Crippen LogP contribution in [0.3, 0.4) is 0 Å². The second-order valence-electron chi connectivity index (χ2n) is 5.22. The number of hydrogen-bond donors (Lipinski definition) is 1. The lowest BCUT2D eigenvalue weighted by Crippen LogP contribution is -2.04. The maximum absolute atomic E-state index is 6.02. The second-order valence-corrected chi connectivity index (χ2v) is 5.66. The number of benzene rings is 1. The number of halogens is 1. The second kappa shape index (κ2) is 6.32. The Labute approximate surface area is 134 Å². The van der Waals surface area contributed by atoms with Gasteiger partial charge in [-0.25, -0.2) is 9.97 Å². The zero-order valence-electron chi connectivity index (χ0n) is 12.7. The molecule has 5 nitrogen and oxygen atoms in total. The largest absolute Gasteiger partial charge is 0.364 e. The van der Waals surface area contributed by atoms with Gasteiger partial charge >= 0.3 is 0 Å². The molecular weight excluding hydrogens is 298 g/mol. The first-order valence-corrected chi connectivity index (χ1v) is 7.71. The van der Waals surface area contributed by atoms with Gasteiger partial charge in [-0.15, -0.1) is 0 Å². The minimum atomic E-state index is 0.654. The van der Waals surface area contributed by atoms with Crippen LogP contribution in [-0.4, -0.2) is 19.7 Å². The lowest BCUT2D eigenvalue weighted by Gasteiger charge is -2.07. The zero-order chi connectivity index (χ0) is 15.5. The quantitative estimate of drug-likeness (QED) is 0.782. The van der Waals surface area contributed by atoms with Crippen LogP contribution in [-0.2, 0) is 20.0 Å². The smallest absolute Gasteiger partial charge is 0.155 e. The van der Waals surface area contributed by atoms with Gasteiger partial charge in [0, 0.05) is 18.6 Å². The van der Waals surface area contributed by atoms with Gasteiger partial charge in [0.15, 0.2) is 5.82 Å². The van der Waals surface area contributed by atoms with Crippen LogP contribution in [0, 0.1) is 0 Å². The molecule has 2 heterocycles. The summed E-state index contributed by atoms with van der Waals surface area (Å²) >= 11 is 6.02. The van der Waals surface area contributed by atoms with E-state index in [9.17, 15) is 0 Å². The number of hydrogen-bond acceptors (Lipinski definition) is 4. The molecule has 0 atom stereocenters. The highest BCUT2D eigenvalue weighted by atomic mass is 35.5. The molecule has 0 amide bonds. The van der Waals surface area contributed by atoms with Gasteiger partial charge in [-0.3, -0.25) is 4.68 Å². The van der Waals surface area contributed by atoms with Crippen molar-refractivity contribution >= 4 is 28.5 Å². The molecule has 0 aliphatic rings. The Morgan fingerprint density at radius 3 is 2.91 bits per heavy atom. The number of rotatable bonds is 5. The molecule has 22 heavy (non-hydrogen) atoms. The fraction of sp³-hybridized carbons (Fsp3) is 0.312. The van der Waals surface area contributed by atoms with E-state index < -0.39 is 0 Å². The maximum atomic E-state index is 6.02. The standard InChI is InChI=1S/C16H18ClN5/c1-3-5-13-14-15(22(2)21-13)16(20-10-19-14)18-9-11-6-4-7-12(17)8-11/h4,6-8,10H,3,5,9H2,1-2H3,(H,18,19,20). The van der Waals surface area contributed by atoms with Gasteiger partial charge in [-0.2, -0.15) is 5.10 Å². The number of aryl methyl sites for hydroxylation is 2. The van der Waals surface area contributed by atoms with Crippen molar-refractivity contribution in [3.05, 3.63) is 46.9 Å². The van der Waals surface area contributed by atoms with E-state index in [0.29, 0.717) is 6.54 Å². The van der Waals surface area contributed by atoms with Gasteiger partial charge < -0.3 is 5.32 Å². The molecule has 1 aromatic carbocycles. The van der Waals surface area contributed by atoms with E-state index in [0.717, 1.165) is 46.0 Å². The molecule has 0 saturated carbocycles. The lowest BCUT2D eigenvalue weighted by atomic mass is 10.2. The molecule has 0 fully saturated rings. The summed E-state index contributed by atoms with van der Waals surface area (Å²) < 4.78 is 1.85. The van der Waals surface area contributed by atoms with Crippen LogP contribution in [0.15, 0.2) is 30.6 Å². The summed E-state index contributed by atoms with van der Waals surface area (Å²) in [6.45, 7) is 2.79. The number of nitrogens with one attached hydrogen (secondary N) is 1. The Bertz CT molecular complexity index is 796. The third kappa shape index (κ3) is 2.90. The molecule has 6 heteroatoms. The van der Waals surface area contributed by atoms with Crippen molar-refractivity contribution in [2.45, 2.75) is 26.3 Å². The molecule has 114 valence electrons. The third-order valence-electron chi connectivity index (χ3n) is 3.53. The first-order chi connectivity index (χ1) is 10.7. The van der Waals surface area contributed by atoms with E-state index in [-0.39, 0.29) is 0 Å². The Morgan fingerprint density at radius 2 is 2.14 bits per heavy atom. The fourth-order valence-electron chi connectivity index (χ4n) is 2.54. The van der Waals surface area contributed by atoms with Crippen molar-refractivity contribution in [2.24, 2.45) is 7.05 Å². The average Bonchev–Trinajstić information content (AvgIpc) is 2.83. The zero-order valence-corrected chi connectivity index (χ0v) is 13.4. The van der Waals surface area contributed by atoms with E-state index in [1.165, 1.54) is 0 Å². The minimum absolute atomic E-state index is 0.654. The van der Waals surface area contributed by atoms with Gasteiger partial charge in [0.25, 0.3) is 0 Å². The van der Waals surface area contributed by atoms with Crippen molar-refractivity contribution in [3.63, 3.8) is 0 Å². The van der Waals surface area contributed by atoms with E-state index in [2.05, 4.69) is 27.3 Å². The van der Waals surface area contributed by atoms with Crippen molar-refractivity contribution in [1.82, 2.24) is 19.7 Å². The average molecular weight is 316 g/mol. The first-order valence-electron chi connectivity index (χ1n) is 7.34. The SMILES string of the molecule is CCCc1nn(C)c2c(NCc3cccc(Cl)c3)ncnc12. The summed E-state index contributed by atoms with van der Waals surface area (Å²) in [4.78, 5) is 8.76. The molecule has 2 aromatic heterocycles. The summed E-state index contributed by atoms with van der Waals surface area (Å²) in [7, 11) is 1.93. The summed E-state index contributed by atoms with van der Waals surface area (Å²) in [5.41, 5.74) is 3.99. The van der Waals surface area contributed by atoms with Gasteiger partial charge in [0.05, 0.1) is 5.69 Å². The molecule has 0 spiro atoms. The predicted octanol–water partition coefficient (Wildman–Crippen LogP) is 3.58. The maximum Gasteiger partial charge on any atom is 0.155 e. The van der Waals surface area contributed by atoms with Crippen molar-refractivity contribution in [2.75, 3.05) is 5.32 Å². The predicted molar refractivity (Wildman–Crippen MR) is 89.1 cm³/mol. The molecular formula is C16H18ClN5. The number of fused-ring (bicyclic) bond motifs is 1. The molecule has 0 radical (unpaired) electrons. The van der Waals surface area contributed by atoms with E-state index in [1.807, 2.05) is 36.0 Å². The highest BCUT2D eigenvalue weighted by Crippen LogP contribution is 2.23. The van der Waals surface area contributed by atoms with Gasteiger partial charge in [0.2, 0.25) is 0 Å². The van der Waals surface area contributed by atoms with Crippen LogP contribution in [0.2, 0.25) is 5.02 Å². The van der Waals surface area contributed by atoms with Crippen LogP contribution < -0.4 is 5.32 Å². The molecule has 3 aromatic rings. The third-order valence-corrected chi connectivity index (χ3v) is 3.76. The van der Waals surface area contributed by atoms with E-state index in [4.69, 9.17) is 11.6 Å². The fourth-order valence-corrected chi connectivity index (χ4v) is 2.76.